The van der Waals surface area contributed by atoms with E-state index in [1.165, 1.54) is 4.90 Å². The Kier molecular flexibility index (Phi) is 12.5. The summed E-state index contributed by atoms with van der Waals surface area (Å²) >= 11 is 1.83. The van der Waals surface area contributed by atoms with Crippen molar-refractivity contribution in [2.45, 2.75) is 37.0 Å². The van der Waals surface area contributed by atoms with Crippen molar-refractivity contribution in [2.75, 3.05) is 20.1 Å². The maximum atomic E-state index is 12.1. The Bertz CT molecular complexity index is 770. The highest BCUT2D eigenvalue weighted by Crippen LogP contribution is 2.21. The van der Waals surface area contributed by atoms with Crippen molar-refractivity contribution in [2.24, 2.45) is 4.99 Å². The van der Waals surface area contributed by atoms with Gasteiger partial charge < -0.3 is 16.0 Å². The van der Waals surface area contributed by atoms with E-state index in [0.29, 0.717) is 23.9 Å². The average Bonchev–Trinajstić information content (AvgIpc) is 2.73. The number of carbonyl (C=O) groups is 1. The predicted octanol–water partition coefficient (Wildman–Crippen LogP) is 4.29. The van der Waals surface area contributed by atoms with Crippen molar-refractivity contribution in [3.8, 4) is 0 Å². The van der Waals surface area contributed by atoms with Crippen LogP contribution in [-0.2, 0) is 6.54 Å². The van der Waals surface area contributed by atoms with Crippen LogP contribution in [0.3, 0.4) is 0 Å². The molecule has 0 fully saturated rings. The van der Waals surface area contributed by atoms with Gasteiger partial charge in [0.25, 0.3) is 5.91 Å². The first-order valence-corrected chi connectivity index (χ1v) is 10.5. The SMILES string of the molecule is CCCNC(=O)c1cccc(CNC(=NC)NCC(C)Sc2ccccc2)c1.I. The molecule has 3 N–H and O–H groups in total. The van der Waals surface area contributed by atoms with Crippen molar-refractivity contribution in [3.05, 3.63) is 65.7 Å². The molecule has 5 nitrogen and oxygen atoms in total. The molecular formula is C22H31IN4OS. The highest BCUT2D eigenvalue weighted by Gasteiger charge is 2.07. The lowest BCUT2D eigenvalue weighted by atomic mass is 10.1. The molecule has 2 rings (SSSR count). The summed E-state index contributed by atoms with van der Waals surface area (Å²) < 4.78 is 0. The third kappa shape index (κ3) is 9.54. The molecule has 1 unspecified atom stereocenters. The Labute approximate surface area is 195 Å². The van der Waals surface area contributed by atoms with Gasteiger partial charge in [0.05, 0.1) is 0 Å². The number of rotatable bonds is 9. The van der Waals surface area contributed by atoms with Crippen LogP contribution in [0.1, 0.15) is 36.2 Å². The Morgan fingerprint density at radius 3 is 2.52 bits per heavy atom. The lowest BCUT2D eigenvalue weighted by Crippen LogP contribution is -2.39. The minimum Gasteiger partial charge on any atom is -0.355 e. The van der Waals surface area contributed by atoms with Crippen LogP contribution < -0.4 is 16.0 Å². The largest absolute Gasteiger partial charge is 0.355 e. The zero-order valence-corrected chi connectivity index (χ0v) is 20.4. The summed E-state index contributed by atoms with van der Waals surface area (Å²) in [6.45, 7) is 6.33. The maximum absolute atomic E-state index is 12.1. The van der Waals surface area contributed by atoms with Gasteiger partial charge in [-0.1, -0.05) is 44.2 Å². The number of hydrogen-bond donors (Lipinski definition) is 3. The Morgan fingerprint density at radius 2 is 1.83 bits per heavy atom. The fourth-order valence-electron chi connectivity index (χ4n) is 2.58. The molecule has 0 spiro atoms. The van der Waals surface area contributed by atoms with Crippen LogP contribution in [0.5, 0.6) is 0 Å². The van der Waals surface area contributed by atoms with E-state index in [1.807, 2.05) is 49.0 Å². The van der Waals surface area contributed by atoms with Crippen LogP contribution >= 0.6 is 35.7 Å². The molecule has 0 aliphatic rings. The minimum atomic E-state index is -0.0297. The lowest BCUT2D eigenvalue weighted by molar-refractivity contribution is 0.0953. The van der Waals surface area contributed by atoms with Crippen molar-refractivity contribution in [3.63, 3.8) is 0 Å². The lowest BCUT2D eigenvalue weighted by Gasteiger charge is -2.16. The number of carbonyl (C=O) groups excluding carboxylic acids is 1. The molecule has 0 bridgehead atoms. The summed E-state index contributed by atoms with van der Waals surface area (Å²) in [5, 5.41) is 9.99. The Hall–Kier alpha value is -1.74. The second-order valence-corrected chi connectivity index (χ2v) is 8.02. The minimum absolute atomic E-state index is 0. The molecule has 158 valence electrons. The van der Waals surface area contributed by atoms with Crippen LogP contribution in [0, 0.1) is 0 Å². The molecule has 0 aliphatic heterocycles. The smallest absolute Gasteiger partial charge is 0.251 e. The summed E-state index contributed by atoms with van der Waals surface area (Å²) in [7, 11) is 1.76. The monoisotopic (exact) mass is 526 g/mol. The first-order valence-electron chi connectivity index (χ1n) is 9.65. The summed E-state index contributed by atoms with van der Waals surface area (Å²) in [5.41, 5.74) is 1.72. The molecule has 2 aromatic carbocycles. The molecule has 29 heavy (non-hydrogen) atoms. The van der Waals surface area contributed by atoms with Gasteiger partial charge in [0.1, 0.15) is 0 Å². The molecule has 7 heteroatoms. The molecular weight excluding hydrogens is 495 g/mol. The standard InChI is InChI=1S/C22H30N4OS.HI/c1-4-13-24-21(27)19-10-8-9-18(14-19)16-26-22(23-3)25-15-17(2)28-20-11-6-5-7-12-20;/h5-12,14,17H,4,13,15-16H2,1-3H3,(H,24,27)(H2,23,25,26);1H. The number of nitrogens with one attached hydrogen (secondary N) is 3. The van der Waals surface area contributed by atoms with Gasteiger partial charge in [0.15, 0.2) is 5.96 Å². The van der Waals surface area contributed by atoms with Gasteiger partial charge in [-0.25, -0.2) is 0 Å². The van der Waals surface area contributed by atoms with Gasteiger partial charge in [-0.15, -0.1) is 35.7 Å². The van der Waals surface area contributed by atoms with Crippen LogP contribution in [0.25, 0.3) is 0 Å². The summed E-state index contributed by atoms with van der Waals surface area (Å²) in [6, 6.07) is 18.1. The highest BCUT2D eigenvalue weighted by atomic mass is 127. The van der Waals surface area contributed by atoms with Crippen LogP contribution in [0.15, 0.2) is 64.5 Å². The number of halogens is 1. The van der Waals surface area contributed by atoms with Crippen molar-refractivity contribution >= 4 is 47.6 Å². The molecule has 1 atom stereocenters. The van der Waals surface area contributed by atoms with E-state index in [0.717, 1.165) is 24.5 Å². The van der Waals surface area contributed by atoms with Gasteiger partial charge >= 0.3 is 0 Å². The van der Waals surface area contributed by atoms with E-state index in [9.17, 15) is 4.79 Å². The number of benzene rings is 2. The number of guanidine groups is 1. The first-order chi connectivity index (χ1) is 13.6. The zero-order valence-electron chi connectivity index (χ0n) is 17.3. The van der Waals surface area contributed by atoms with Crippen LogP contribution in [0.4, 0.5) is 0 Å². The van der Waals surface area contributed by atoms with E-state index < -0.39 is 0 Å². The Balaban J connectivity index is 0.00000420. The normalized spacial score (nSPS) is 11.9. The number of thioether (sulfide) groups is 1. The molecule has 1 amide bonds. The fraction of sp³-hybridized carbons (Fsp3) is 0.364. The van der Waals surface area contributed by atoms with Crippen molar-refractivity contribution < 1.29 is 4.79 Å². The second kappa shape index (κ2) is 14.3. The molecule has 0 aliphatic carbocycles. The van der Waals surface area contributed by atoms with Gasteiger partial charge in [-0.05, 0) is 36.2 Å². The van der Waals surface area contributed by atoms with Crippen molar-refractivity contribution in [1.82, 2.24) is 16.0 Å². The first kappa shape index (κ1) is 25.3. The zero-order chi connectivity index (χ0) is 20.2. The highest BCUT2D eigenvalue weighted by molar-refractivity contribution is 14.0. The van der Waals surface area contributed by atoms with E-state index >= 15 is 0 Å². The summed E-state index contributed by atoms with van der Waals surface area (Å²) in [4.78, 5) is 17.7. The average molecular weight is 526 g/mol. The predicted molar refractivity (Wildman–Crippen MR) is 134 cm³/mol. The molecule has 0 heterocycles. The molecule has 0 saturated heterocycles. The van der Waals surface area contributed by atoms with Gasteiger partial charge in [0.2, 0.25) is 0 Å². The molecule has 2 aromatic rings. The third-order valence-corrected chi connectivity index (χ3v) is 5.16. The summed E-state index contributed by atoms with van der Waals surface area (Å²) in [5.74, 6) is 0.722. The second-order valence-electron chi connectivity index (χ2n) is 6.50. The molecule has 0 radical (unpaired) electrons. The van der Waals surface area contributed by atoms with E-state index in [1.54, 1.807) is 7.05 Å². The van der Waals surface area contributed by atoms with E-state index in [4.69, 9.17) is 0 Å². The number of nitrogens with zero attached hydrogens (tertiary/aromatic N) is 1. The topological polar surface area (TPSA) is 65.5 Å². The van der Waals surface area contributed by atoms with Crippen LogP contribution in [0.2, 0.25) is 0 Å². The Morgan fingerprint density at radius 1 is 1.07 bits per heavy atom. The quantitative estimate of drug-likeness (QED) is 0.198. The fourth-order valence-corrected chi connectivity index (χ4v) is 3.53. The van der Waals surface area contributed by atoms with Gasteiger partial charge in [-0.3, -0.25) is 9.79 Å². The van der Waals surface area contributed by atoms with E-state index in [-0.39, 0.29) is 29.9 Å². The van der Waals surface area contributed by atoms with Gasteiger partial charge in [0, 0.05) is 42.4 Å². The number of aliphatic imine (C=N–C) groups is 1. The van der Waals surface area contributed by atoms with Gasteiger partial charge in [-0.2, -0.15) is 0 Å². The van der Waals surface area contributed by atoms with Crippen LogP contribution in [-0.4, -0.2) is 37.3 Å². The number of hydrogen-bond acceptors (Lipinski definition) is 3. The molecule has 0 aromatic heterocycles. The maximum Gasteiger partial charge on any atom is 0.251 e. The van der Waals surface area contributed by atoms with Crippen molar-refractivity contribution in [1.29, 1.82) is 0 Å². The summed E-state index contributed by atoms with van der Waals surface area (Å²) in [6.07, 6.45) is 0.927. The number of amides is 1. The third-order valence-electron chi connectivity index (χ3n) is 4.05. The van der Waals surface area contributed by atoms with E-state index in [2.05, 4.69) is 52.1 Å². The molecule has 0 saturated carbocycles.